The molecule has 0 saturated carbocycles. The van der Waals surface area contributed by atoms with Gasteiger partial charge in [-0.25, -0.2) is 4.79 Å². The Kier molecular flexibility index (Phi) is 7.17. The molecule has 1 amide bonds. The van der Waals surface area contributed by atoms with Crippen molar-refractivity contribution in [2.75, 3.05) is 26.9 Å². The summed E-state index contributed by atoms with van der Waals surface area (Å²) in [6, 6.07) is 12.0. The molecule has 1 N–H and O–H groups in total. The number of fused-ring (bicyclic) bond motifs is 1. The summed E-state index contributed by atoms with van der Waals surface area (Å²) in [6.45, 7) is 4.86. The second kappa shape index (κ2) is 10.0. The molecule has 3 rings (SSSR count). The minimum atomic E-state index is -0.583. The van der Waals surface area contributed by atoms with Gasteiger partial charge in [-0.05, 0) is 41.8 Å². The molecule has 160 valence electrons. The Morgan fingerprint density at radius 2 is 1.83 bits per heavy atom. The molecule has 0 radical (unpaired) electrons. The van der Waals surface area contributed by atoms with Crippen molar-refractivity contribution in [3.63, 3.8) is 0 Å². The number of methoxy groups -OCH3 is 1. The van der Waals surface area contributed by atoms with Gasteiger partial charge in [0, 0.05) is 6.42 Å². The molecule has 1 atom stereocenters. The van der Waals surface area contributed by atoms with Crippen LogP contribution in [0.15, 0.2) is 42.5 Å². The van der Waals surface area contributed by atoms with Crippen molar-refractivity contribution in [2.45, 2.75) is 26.3 Å². The number of esters is 1. The van der Waals surface area contributed by atoms with Gasteiger partial charge in [-0.2, -0.15) is 0 Å². The first-order valence-electron chi connectivity index (χ1n) is 9.98. The van der Waals surface area contributed by atoms with Gasteiger partial charge in [0.1, 0.15) is 5.75 Å². The largest absolute Gasteiger partial charge is 0.497 e. The van der Waals surface area contributed by atoms with Crippen LogP contribution in [-0.4, -0.2) is 38.8 Å². The average molecular weight is 413 g/mol. The van der Waals surface area contributed by atoms with Crippen LogP contribution in [0.4, 0.5) is 0 Å². The molecule has 0 unspecified atom stereocenters. The predicted molar refractivity (Wildman–Crippen MR) is 111 cm³/mol. The fourth-order valence-corrected chi connectivity index (χ4v) is 3.19. The molecule has 0 saturated heterocycles. The number of rotatable bonds is 7. The van der Waals surface area contributed by atoms with Gasteiger partial charge in [-0.3, -0.25) is 4.79 Å². The Hall–Kier alpha value is -3.22. The zero-order valence-corrected chi connectivity index (χ0v) is 17.5. The van der Waals surface area contributed by atoms with Crippen molar-refractivity contribution in [3.05, 3.63) is 53.6 Å². The molecule has 0 fully saturated rings. The third kappa shape index (κ3) is 5.43. The maximum atomic E-state index is 12.5. The van der Waals surface area contributed by atoms with Crippen molar-refractivity contribution < 1.29 is 28.5 Å². The summed E-state index contributed by atoms with van der Waals surface area (Å²) in [7, 11) is 1.52. The van der Waals surface area contributed by atoms with Gasteiger partial charge in [0.25, 0.3) is 5.91 Å². The Morgan fingerprint density at radius 3 is 2.57 bits per heavy atom. The van der Waals surface area contributed by atoms with E-state index in [1.807, 2.05) is 32.0 Å². The molecule has 1 heterocycles. The van der Waals surface area contributed by atoms with E-state index in [9.17, 15) is 9.59 Å². The third-order valence-electron chi connectivity index (χ3n) is 4.75. The maximum absolute atomic E-state index is 12.5. The molecule has 7 nitrogen and oxygen atoms in total. The highest BCUT2D eigenvalue weighted by atomic mass is 16.5. The van der Waals surface area contributed by atoms with Gasteiger partial charge >= 0.3 is 5.97 Å². The summed E-state index contributed by atoms with van der Waals surface area (Å²) in [6.07, 6.45) is 0.826. The van der Waals surface area contributed by atoms with Crippen molar-refractivity contribution in [1.29, 1.82) is 0 Å². The van der Waals surface area contributed by atoms with E-state index in [-0.39, 0.29) is 24.5 Å². The molecule has 0 bridgehead atoms. The summed E-state index contributed by atoms with van der Waals surface area (Å²) in [5.74, 6) is 1.08. The zero-order chi connectivity index (χ0) is 21.5. The van der Waals surface area contributed by atoms with Gasteiger partial charge in [0.05, 0.1) is 31.9 Å². The number of hydrogen-bond acceptors (Lipinski definition) is 6. The highest BCUT2D eigenvalue weighted by Crippen LogP contribution is 2.34. The molecule has 2 aromatic rings. The van der Waals surface area contributed by atoms with Gasteiger partial charge in [0.2, 0.25) is 0 Å². The number of ether oxygens (including phenoxy) is 4. The zero-order valence-electron chi connectivity index (χ0n) is 17.5. The van der Waals surface area contributed by atoms with Crippen LogP contribution in [0.3, 0.4) is 0 Å². The summed E-state index contributed by atoms with van der Waals surface area (Å²) in [5, 5.41) is 2.95. The van der Waals surface area contributed by atoms with Crippen molar-refractivity contribution >= 4 is 11.9 Å². The van der Waals surface area contributed by atoms with Crippen LogP contribution in [0.2, 0.25) is 0 Å². The van der Waals surface area contributed by atoms with Crippen LogP contribution < -0.4 is 19.5 Å². The average Bonchev–Trinajstić information content (AvgIpc) is 3.00. The fourth-order valence-electron chi connectivity index (χ4n) is 3.19. The normalized spacial score (nSPS) is 13.9. The van der Waals surface area contributed by atoms with Crippen LogP contribution in [0.1, 0.15) is 42.2 Å². The first-order chi connectivity index (χ1) is 14.5. The van der Waals surface area contributed by atoms with E-state index in [4.69, 9.17) is 18.9 Å². The molecule has 1 aliphatic heterocycles. The summed E-state index contributed by atoms with van der Waals surface area (Å²) in [5.41, 5.74) is 1.23. The van der Waals surface area contributed by atoms with Crippen LogP contribution in [-0.2, 0) is 9.53 Å². The Labute approximate surface area is 176 Å². The topological polar surface area (TPSA) is 83.1 Å². The quantitative estimate of drug-likeness (QED) is 0.700. The van der Waals surface area contributed by atoms with Crippen LogP contribution in [0.5, 0.6) is 17.2 Å². The number of carbonyl (C=O) groups excluding carboxylic acids is 2. The number of benzene rings is 2. The number of hydrogen-bond donors (Lipinski definition) is 1. The van der Waals surface area contributed by atoms with Crippen LogP contribution in [0, 0.1) is 5.92 Å². The summed E-state index contributed by atoms with van der Waals surface area (Å²) in [4.78, 5) is 24.7. The van der Waals surface area contributed by atoms with Gasteiger partial charge in [-0.1, -0.05) is 26.0 Å². The highest BCUT2D eigenvalue weighted by molar-refractivity contribution is 5.91. The first kappa shape index (κ1) is 21.5. The Morgan fingerprint density at radius 1 is 1.07 bits per heavy atom. The van der Waals surface area contributed by atoms with Crippen LogP contribution >= 0.6 is 0 Å². The molecule has 7 heteroatoms. The lowest BCUT2D eigenvalue weighted by Crippen LogP contribution is -2.35. The fraction of sp³-hybridized carbons (Fsp3) is 0.391. The maximum Gasteiger partial charge on any atom is 0.338 e. The van der Waals surface area contributed by atoms with E-state index in [0.29, 0.717) is 36.0 Å². The summed E-state index contributed by atoms with van der Waals surface area (Å²) >= 11 is 0. The molecular formula is C23H27NO6. The third-order valence-corrected chi connectivity index (χ3v) is 4.75. The van der Waals surface area contributed by atoms with Gasteiger partial charge < -0.3 is 24.3 Å². The van der Waals surface area contributed by atoms with E-state index < -0.39 is 5.97 Å². The molecule has 1 aliphatic rings. The molecule has 0 aromatic heterocycles. The molecular weight excluding hydrogens is 386 g/mol. The molecule has 0 aliphatic carbocycles. The highest BCUT2D eigenvalue weighted by Gasteiger charge is 2.22. The standard InChI is InChI=1S/C23H27NO6/c1-15(2)22(16-8-9-19-20(13-16)29-11-5-10-28-19)24-21(25)14-30-23(26)17-6-4-7-18(12-17)27-3/h4,6-9,12-13,15,22H,5,10-11,14H2,1-3H3,(H,24,25)/t22-/m0/s1. The molecule has 0 spiro atoms. The van der Waals surface area contributed by atoms with E-state index >= 15 is 0 Å². The van der Waals surface area contributed by atoms with Gasteiger partial charge in [0.15, 0.2) is 18.1 Å². The molecule has 30 heavy (non-hydrogen) atoms. The number of nitrogens with one attached hydrogen (secondary N) is 1. The first-order valence-corrected chi connectivity index (χ1v) is 9.98. The van der Waals surface area contributed by atoms with Crippen molar-refractivity contribution in [1.82, 2.24) is 5.32 Å². The smallest absolute Gasteiger partial charge is 0.338 e. The van der Waals surface area contributed by atoms with E-state index in [1.54, 1.807) is 24.3 Å². The van der Waals surface area contributed by atoms with E-state index in [0.717, 1.165) is 12.0 Å². The van der Waals surface area contributed by atoms with Gasteiger partial charge in [-0.15, -0.1) is 0 Å². The SMILES string of the molecule is COc1cccc(C(=O)OCC(=O)N[C@H](c2ccc3c(c2)OCCCO3)C(C)C)c1. The minimum Gasteiger partial charge on any atom is -0.497 e. The Balaban J connectivity index is 1.63. The minimum absolute atomic E-state index is 0.118. The Bertz CT molecular complexity index is 895. The lowest BCUT2D eigenvalue weighted by Gasteiger charge is -2.24. The second-order valence-corrected chi connectivity index (χ2v) is 7.35. The second-order valence-electron chi connectivity index (χ2n) is 7.35. The number of amides is 1. The number of carbonyl (C=O) groups is 2. The lowest BCUT2D eigenvalue weighted by atomic mass is 9.95. The monoisotopic (exact) mass is 413 g/mol. The van der Waals surface area contributed by atoms with Crippen LogP contribution in [0.25, 0.3) is 0 Å². The lowest BCUT2D eigenvalue weighted by molar-refractivity contribution is -0.125. The summed E-state index contributed by atoms with van der Waals surface area (Å²) < 4.78 is 21.7. The predicted octanol–water partition coefficient (Wildman–Crippen LogP) is 3.53. The molecule has 2 aromatic carbocycles. The van der Waals surface area contributed by atoms with Crippen molar-refractivity contribution in [3.8, 4) is 17.2 Å². The van der Waals surface area contributed by atoms with E-state index in [2.05, 4.69) is 5.32 Å². The van der Waals surface area contributed by atoms with E-state index in [1.165, 1.54) is 7.11 Å². The van der Waals surface area contributed by atoms with Crippen molar-refractivity contribution in [2.24, 2.45) is 5.92 Å².